The van der Waals surface area contributed by atoms with Gasteiger partial charge in [-0.2, -0.15) is 0 Å². The molecular formula is C21H28N4OS. The number of hydrogen-bond donors (Lipinski definition) is 1. The molecule has 144 valence electrons. The second kappa shape index (κ2) is 8.10. The van der Waals surface area contributed by atoms with Crippen LogP contribution in [0.2, 0.25) is 0 Å². The van der Waals surface area contributed by atoms with Gasteiger partial charge < -0.3 is 5.11 Å². The third-order valence-corrected chi connectivity index (χ3v) is 6.48. The highest BCUT2D eigenvalue weighted by molar-refractivity contribution is 7.15. The number of aryl methyl sites for hydroxylation is 2. The molecule has 0 spiro atoms. The van der Waals surface area contributed by atoms with Crippen molar-refractivity contribution in [2.45, 2.75) is 39.4 Å². The molecule has 0 amide bonds. The van der Waals surface area contributed by atoms with Gasteiger partial charge in [0.05, 0.1) is 11.4 Å². The number of aliphatic hydroxyl groups excluding tert-OH is 1. The minimum atomic E-state index is 0.239. The van der Waals surface area contributed by atoms with Gasteiger partial charge in [-0.05, 0) is 31.4 Å². The lowest BCUT2D eigenvalue weighted by Gasteiger charge is -2.41. The van der Waals surface area contributed by atoms with Gasteiger partial charge in [0, 0.05) is 56.9 Å². The fourth-order valence-corrected chi connectivity index (χ4v) is 4.86. The molecule has 3 aromatic rings. The van der Waals surface area contributed by atoms with Gasteiger partial charge in [-0.25, -0.2) is 4.98 Å². The maximum absolute atomic E-state index is 9.60. The van der Waals surface area contributed by atoms with Gasteiger partial charge in [-0.3, -0.25) is 14.2 Å². The molecule has 1 atom stereocenters. The number of fused-ring (bicyclic) bond motifs is 1. The van der Waals surface area contributed by atoms with Crippen molar-refractivity contribution in [3.8, 4) is 0 Å². The first-order chi connectivity index (χ1) is 13.2. The normalized spacial score (nSPS) is 19.1. The van der Waals surface area contributed by atoms with Gasteiger partial charge >= 0.3 is 0 Å². The van der Waals surface area contributed by atoms with Crippen molar-refractivity contribution in [2.24, 2.45) is 0 Å². The summed E-state index contributed by atoms with van der Waals surface area (Å²) in [4.78, 5) is 10.8. The quantitative estimate of drug-likeness (QED) is 0.709. The zero-order valence-electron chi connectivity index (χ0n) is 16.1. The Labute approximate surface area is 164 Å². The van der Waals surface area contributed by atoms with Crippen LogP contribution in [0.15, 0.2) is 35.8 Å². The van der Waals surface area contributed by atoms with E-state index in [0.717, 1.165) is 49.8 Å². The number of thiazole rings is 1. The Morgan fingerprint density at radius 1 is 1.19 bits per heavy atom. The molecule has 0 unspecified atom stereocenters. The summed E-state index contributed by atoms with van der Waals surface area (Å²) in [5.74, 6) is 0. The number of aliphatic hydroxyl groups is 1. The summed E-state index contributed by atoms with van der Waals surface area (Å²) in [5, 5.41) is 11.7. The molecule has 0 saturated carbocycles. The first-order valence-corrected chi connectivity index (χ1v) is 10.6. The first kappa shape index (κ1) is 18.6. The number of aromatic nitrogens is 2. The first-order valence-electron chi connectivity index (χ1n) is 9.68. The van der Waals surface area contributed by atoms with Crippen LogP contribution in [0.3, 0.4) is 0 Å². The minimum Gasteiger partial charge on any atom is -0.396 e. The van der Waals surface area contributed by atoms with E-state index in [1.54, 1.807) is 11.3 Å². The summed E-state index contributed by atoms with van der Waals surface area (Å²) in [6.07, 6.45) is 2.94. The molecule has 5 nitrogen and oxygen atoms in total. The topological polar surface area (TPSA) is 44.0 Å². The fraction of sp³-hybridized carbons (Fsp3) is 0.476. The molecule has 1 fully saturated rings. The molecular weight excluding hydrogens is 356 g/mol. The van der Waals surface area contributed by atoms with Gasteiger partial charge in [-0.1, -0.05) is 24.3 Å². The van der Waals surface area contributed by atoms with Crippen LogP contribution in [-0.2, 0) is 13.1 Å². The number of imidazole rings is 1. The van der Waals surface area contributed by atoms with Crippen LogP contribution in [0.5, 0.6) is 0 Å². The number of hydrogen-bond acceptors (Lipinski definition) is 5. The van der Waals surface area contributed by atoms with E-state index in [1.165, 1.54) is 16.8 Å². The van der Waals surface area contributed by atoms with E-state index >= 15 is 0 Å². The molecule has 4 rings (SSSR count). The lowest BCUT2D eigenvalue weighted by molar-refractivity contribution is 0.0491. The van der Waals surface area contributed by atoms with Crippen LogP contribution in [-0.4, -0.2) is 56.6 Å². The van der Waals surface area contributed by atoms with Crippen molar-refractivity contribution in [3.05, 3.63) is 58.4 Å². The summed E-state index contributed by atoms with van der Waals surface area (Å²) in [6.45, 7) is 9.48. The van der Waals surface area contributed by atoms with E-state index in [9.17, 15) is 5.11 Å². The van der Waals surface area contributed by atoms with Gasteiger partial charge in [0.25, 0.3) is 0 Å². The standard InChI is InChI=1S/C21H28N4OS/c1-16-5-3-4-6-18(16)13-24-9-8-23(14-19(24)7-11-26)15-20-17(2)22-21-25(20)10-12-27-21/h3-6,10,12,19,26H,7-9,11,13-15H2,1-2H3/t19-/m0/s1. The van der Waals surface area contributed by atoms with Crippen molar-refractivity contribution in [2.75, 3.05) is 26.2 Å². The van der Waals surface area contributed by atoms with Gasteiger partial charge in [0.2, 0.25) is 0 Å². The number of piperazine rings is 1. The average molecular weight is 385 g/mol. The molecule has 0 radical (unpaired) electrons. The Kier molecular flexibility index (Phi) is 5.59. The van der Waals surface area contributed by atoms with E-state index in [1.807, 2.05) is 0 Å². The molecule has 27 heavy (non-hydrogen) atoms. The van der Waals surface area contributed by atoms with Crippen LogP contribution < -0.4 is 0 Å². The van der Waals surface area contributed by atoms with Gasteiger partial charge in [-0.15, -0.1) is 11.3 Å². The van der Waals surface area contributed by atoms with E-state index < -0.39 is 0 Å². The molecule has 6 heteroatoms. The van der Waals surface area contributed by atoms with Crippen molar-refractivity contribution >= 4 is 16.3 Å². The van der Waals surface area contributed by atoms with E-state index in [0.29, 0.717) is 6.04 Å². The zero-order chi connectivity index (χ0) is 18.8. The maximum atomic E-state index is 9.60. The third kappa shape index (κ3) is 3.94. The lowest BCUT2D eigenvalue weighted by atomic mass is 10.0. The number of rotatable bonds is 6. The third-order valence-electron chi connectivity index (χ3n) is 5.72. The average Bonchev–Trinajstić information content (AvgIpc) is 3.21. The monoisotopic (exact) mass is 384 g/mol. The smallest absolute Gasteiger partial charge is 0.194 e. The molecule has 3 heterocycles. The van der Waals surface area contributed by atoms with Crippen molar-refractivity contribution in [1.29, 1.82) is 0 Å². The van der Waals surface area contributed by atoms with E-state index in [-0.39, 0.29) is 6.61 Å². The molecule has 1 saturated heterocycles. The van der Waals surface area contributed by atoms with E-state index in [2.05, 4.69) is 68.9 Å². The molecule has 0 bridgehead atoms. The maximum Gasteiger partial charge on any atom is 0.194 e. The Balaban J connectivity index is 1.47. The summed E-state index contributed by atoms with van der Waals surface area (Å²) in [7, 11) is 0. The molecule has 1 aliphatic rings. The molecule has 1 N–H and O–H groups in total. The van der Waals surface area contributed by atoms with Gasteiger partial charge in [0.15, 0.2) is 4.96 Å². The summed E-state index contributed by atoms with van der Waals surface area (Å²) in [5.41, 5.74) is 5.15. The fourth-order valence-electron chi connectivity index (χ4n) is 4.08. The summed E-state index contributed by atoms with van der Waals surface area (Å²) in [6, 6.07) is 9.01. The highest BCUT2D eigenvalue weighted by Crippen LogP contribution is 2.22. The van der Waals surface area contributed by atoms with Crippen LogP contribution >= 0.6 is 11.3 Å². The number of benzene rings is 1. The van der Waals surface area contributed by atoms with Crippen molar-refractivity contribution in [1.82, 2.24) is 19.2 Å². The summed E-state index contributed by atoms with van der Waals surface area (Å²) >= 11 is 1.69. The Morgan fingerprint density at radius 2 is 2.04 bits per heavy atom. The molecule has 1 aromatic carbocycles. The van der Waals surface area contributed by atoms with Crippen molar-refractivity contribution < 1.29 is 5.11 Å². The van der Waals surface area contributed by atoms with Gasteiger partial charge in [0.1, 0.15) is 0 Å². The second-order valence-electron chi connectivity index (χ2n) is 7.50. The van der Waals surface area contributed by atoms with Crippen LogP contribution in [0.1, 0.15) is 28.9 Å². The lowest BCUT2D eigenvalue weighted by Crippen LogP contribution is -2.52. The molecule has 1 aliphatic heterocycles. The highest BCUT2D eigenvalue weighted by atomic mass is 32.1. The van der Waals surface area contributed by atoms with Crippen LogP contribution in [0, 0.1) is 13.8 Å². The summed E-state index contributed by atoms with van der Waals surface area (Å²) < 4.78 is 2.22. The largest absolute Gasteiger partial charge is 0.396 e. The Bertz CT molecular complexity index is 903. The van der Waals surface area contributed by atoms with E-state index in [4.69, 9.17) is 0 Å². The molecule has 2 aromatic heterocycles. The Hall–Kier alpha value is -1.73. The minimum absolute atomic E-state index is 0.239. The highest BCUT2D eigenvalue weighted by Gasteiger charge is 2.28. The zero-order valence-corrected chi connectivity index (χ0v) is 17.0. The predicted octanol–water partition coefficient (Wildman–Crippen LogP) is 3.08. The van der Waals surface area contributed by atoms with Crippen molar-refractivity contribution in [3.63, 3.8) is 0 Å². The SMILES string of the molecule is Cc1ccccc1CN1CCN(Cc2c(C)nc3sccn23)C[C@@H]1CCO. The van der Waals surface area contributed by atoms with Crippen LogP contribution in [0.4, 0.5) is 0 Å². The number of nitrogens with zero attached hydrogens (tertiary/aromatic N) is 4. The second-order valence-corrected chi connectivity index (χ2v) is 8.37. The Morgan fingerprint density at radius 3 is 2.85 bits per heavy atom. The van der Waals surface area contributed by atoms with Crippen LogP contribution in [0.25, 0.3) is 4.96 Å². The predicted molar refractivity (Wildman–Crippen MR) is 110 cm³/mol. The molecule has 0 aliphatic carbocycles.